The van der Waals surface area contributed by atoms with Crippen molar-refractivity contribution in [1.82, 2.24) is 0 Å². The van der Waals surface area contributed by atoms with Crippen molar-refractivity contribution < 1.29 is 74.1 Å². The molecule has 1 aromatic heterocycles. The lowest BCUT2D eigenvalue weighted by Gasteiger charge is -2.38. The second-order valence-electron chi connectivity index (χ2n) is 10.1. The summed E-state index contributed by atoms with van der Waals surface area (Å²) >= 11 is 0. The third-order valence-corrected chi connectivity index (χ3v) is 7.14. The first kappa shape index (κ1) is 30.5. The average Bonchev–Trinajstić information content (AvgIpc) is 2.95. The zero-order chi connectivity index (χ0) is 31.3. The normalized spacial score (nSPS) is 32.8. The molecule has 3 aromatic rings. The van der Waals surface area contributed by atoms with E-state index >= 15 is 0 Å². The first-order valence-corrected chi connectivity index (χ1v) is 12.9. The Hall–Kier alpha value is -4.00. The van der Waals surface area contributed by atoms with Crippen molar-refractivity contribution in [2.24, 2.45) is 0 Å². The zero-order valence-corrected chi connectivity index (χ0v) is 22.1. The lowest BCUT2D eigenvalue weighted by molar-refractivity contribution is -0.271. The van der Waals surface area contributed by atoms with E-state index in [1.807, 2.05) is 0 Å². The maximum absolute atomic E-state index is 12.9. The van der Waals surface area contributed by atoms with E-state index in [1.54, 1.807) is 0 Å². The van der Waals surface area contributed by atoms with Crippen LogP contribution in [-0.4, -0.2) is 113 Å². The minimum absolute atomic E-state index is 0.0875. The van der Waals surface area contributed by atoms with E-state index in [-0.39, 0.29) is 33.8 Å². The molecule has 2 aliphatic rings. The van der Waals surface area contributed by atoms with Gasteiger partial charge < -0.3 is 69.3 Å². The Kier molecular flexibility index (Phi) is 8.21. The van der Waals surface area contributed by atoms with Crippen LogP contribution in [0.15, 0.2) is 45.6 Å². The summed E-state index contributed by atoms with van der Waals surface area (Å²) in [6, 6.07) is 6.95. The van der Waals surface area contributed by atoms with Gasteiger partial charge in [0.15, 0.2) is 23.0 Å². The van der Waals surface area contributed by atoms with E-state index in [0.29, 0.717) is 0 Å². The summed E-state index contributed by atoms with van der Waals surface area (Å²) in [4.78, 5) is 24.2. The number of aliphatic hydroxyl groups excluding tert-OH is 6. The molecule has 0 amide bonds. The molecule has 9 N–H and O–H groups in total. The Morgan fingerprint density at radius 3 is 2.07 bits per heavy atom. The third kappa shape index (κ3) is 5.69. The third-order valence-electron chi connectivity index (χ3n) is 7.14. The highest BCUT2D eigenvalue weighted by atomic mass is 16.7. The van der Waals surface area contributed by atoms with Crippen LogP contribution in [0.1, 0.15) is 6.92 Å². The second kappa shape index (κ2) is 11.6. The maximum atomic E-state index is 12.9. The topological polar surface area (TPSA) is 266 Å². The zero-order valence-electron chi connectivity index (χ0n) is 22.1. The van der Waals surface area contributed by atoms with Crippen molar-refractivity contribution in [3.05, 3.63) is 46.6 Å². The van der Waals surface area contributed by atoms with Crippen molar-refractivity contribution in [3.8, 4) is 34.3 Å². The van der Waals surface area contributed by atoms with Crippen LogP contribution in [0.5, 0.6) is 23.0 Å². The van der Waals surface area contributed by atoms with Crippen molar-refractivity contribution in [1.29, 1.82) is 0 Å². The van der Waals surface area contributed by atoms with Crippen molar-refractivity contribution in [2.75, 3.05) is 0 Å². The van der Waals surface area contributed by atoms with Crippen LogP contribution < -0.4 is 14.9 Å². The number of fused-ring (bicyclic) bond motifs is 1. The number of aliphatic carboxylic acids is 1. The summed E-state index contributed by atoms with van der Waals surface area (Å²) in [7, 11) is 0. The number of phenols is 2. The molecule has 5 rings (SSSR count). The smallest absolute Gasteiger partial charge is 0.335 e. The number of carboxylic acid groups (broad SMARTS) is 1. The number of benzene rings is 2. The molecule has 2 aliphatic heterocycles. The molecule has 2 saturated heterocycles. The minimum Gasteiger partial charge on any atom is -0.507 e. The summed E-state index contributed by atoms with van der Waals surface area (Å²) in [5.41, 5.74) is -0.756. The van der Waals surface area contributed by atoms with Crippen LogP contribution >= 0.6 is 0 Å². The van der Waals surface area contributed by atoms with Gasteiger partial charge in [-0.2, -0.15) is 0 Å². The number of aliphatic hydroxyl groups is 6. The highest BCUT2D eigenvalue weighted by Gasteiger charge is 2.48. The standard InChI is InChI=1S/C27H28O16/c1-8-18(31)19(32)22(35)26(39-8)42-14-3-2-9(4-11(14)28)15-7-13(30)17-12(29)5-10(6-16(17)41-15)40-27-23(36)20(33)21(34)24(43-27)25(37)38/h2-8,18-24,26-29,31-36H,1H3,(H,37,38)/t8-,18+,19-,20+,21+,22+,23-,24-,26+,27-/m1/s1. The minimum atomic E-state index is -1.95. The monoisotopic (exact) mass is 608 g/mol. The number of ether oxygens (including phenoxy) is 4. The number of hydrogen-bond donors (Lipinski definition) is 9. The lowest BCUT2D eigenvalue weighted by atomic mass is 9.99. The molecule has 10 atom stereocenters. The first-order chi connectivity index (χ1) is 20.3. The van der Waals surface area contributed by atoms with Gasteiger partial charge in [-0.1, -0.05) is 0 Å². The van der Waals surface area contributed by atoms with Gasteiger partial charge in [0.2, 0.25) is 12.6 Å². The van der Waals surface area contributed by atoms with Crippen LogP contribution in [0.4, 0.5) is 0 Å². The molecule has 16 heteroatoms. The van der Waals surface area contributed by atoms with E-state index < -0.39 is 84.3 Å². The fourth-order valence-electron chi connectivity index (χ4n) is 4.74. The Balaban J connectivity index is 1.41. The number of carboxylic acids is 1. The second-order valence-corrected chi connectivity index (χ2v) is 10.1. The molecule has 3 heterocycles. The van der Waals surface area contributed by atoms with Crippen molar-refractivity contribution in [2.45, 2.75) is 68.3 Å². The van der Waals surface area contributed by atoms with E-state index in [0.717, 1.165) is 24.3 Å². The van der Waals surface area contributed by atoms with Gasteiger partial charge in [-0.05, 0) is 25.1 Å². The Morgan fingerprint density at radius 1 is 0.767 bits per heavy atom. The fourth-order valence-corrected chi connectivity index (χ4v) is 4.74. The van der Waals surface area contributed by atoms with Gasteiger partial charge in [-0.3, -0.25) is 4.79 Å². The van der Waals surface area contributed by atoms with Gasteiger partial charge >= 0.3 is 5.97 Å². The predicted molar refractivity (Wildman–Crippen MR) is 139 cm³/mol. The SMILES string of the molecule is C[C@H]1O[C@@H](Oc2ccc(-c3cc(=O)c4c(O)cc(O[C@@H]5O[C@@H](C(=O)O)[C@@H](O)[C@H](O)[C@H]5O)cc4o3)cc2O)[C@@H](O)[C@H](O)[C@H]1O. The summed E-state index contributed by atoms with van der Waals surface area (Å²) in [5.74, 6) is -3.22. The van der Waals surface area contributed by atoms with E-state index in [1.165, 1.54) is 19.1 Å². The molecular formula is C27H28O16. The predicted octanol–water partition coefficient (Wildman–Crippen LogP) is -1.65. The highest BCUT2D eigenvalue weighted by Crippen LogP contribution is 2.37. The Labute approximate surface area is 240 Å². The van der Waals surface area contributed by atoms with Gasteiger partial charge in [0.25, 0.3) is 0 Å². The van der Waals surface area contributed by atoms with Gasteiger partial charge in [-0.25, -0.2) is 4.79 Å². The molecule has 0 saturated carbocycles. The van der Waals surface area contributed by atoms with Crippen molar-refractivity contribution >= 4 is 16.9 Å². The van der Waals surface area contributed by atoms with Crippen LogP contribution in [0.25, 0.3) is 22.3 Å². The van der Waals surface area contributed by atoms with Crippen molar-refractivity contribution in [3.63, 3.8) is 0 Å². The quantitative estimate of drug-likeness (QED) is 0.152. The molecule has 232 valence electrons. The molecule has 0 aliphatic carbocycles. The Morgan fingerprint density at radius 2 is 1.42 bits per heavy atom. The molecule has 0 spiro atoms. The molecule has 2 fully saturated rings. The number of rotatable bonds is 6. The molecule has 0 radical (unpaired) electrons. The van der Waals surface area contributed by atoms with E-state index in [4.69, 9.17) is 23.4 Å². The summed E-state index contributed by atoms with van der Waals surface area (Å²) in [5, 5.41) is 90.1. The molecule has 0 bridgehead atoms. The van der Waals surface area contributed by atoms with Gasteiger partial charge in [0, 0.05) is 23.8 Å². The molecule has 16 nitrogen and oxygen atoms in total. The van der Waals surface area contributed by atoms with Gasteiger partial charge in [-0.15, -0.1) is 0 Å². The number of aromatic hydroxyl groups is 2. The maximum Gasteiger partial charge on any atom is 0.335 e. The average molecular weight is 609 g/mol. The van der Waals surface area contributed by atoms with Gasteiger partial charge in [0.1, 0.15) is 64.9 Å². The first-order valence-electron chi connectivity index (χ1n) is 12.9. The van der Waals surface area contributed by atoms with Crippen LogP contribution in [0, 0.1) is 0 Å². The van der Waals surface area contributed by atoms with E-state index in [9.17, 15) is 55.5 Å². The largest absolute Gasteiger partial charge is 0.507 e. The summed E-state index contributed by atoms with van der Waals surface area (Å²) in [6.45, 7) is 1.46. The summed E-state index contributed by atoms with van der Waals surface area (Å²) in [6.07, 6.45) is -16.4. The molecule has 2 aromatic carbocycles. The highest BCUT2D eigenvalue weighted by molar-refractivity contribution is 5.86. The molecular weight excluding hydrogens is 580 g/mol. The lowest BCUT2D eigenvalue weighted by Crippen LogP contribution is -2.61. The molecule has 0 unspecified atom stereocenters. The van der Waals surface area contributed by atoms with Crippen LogP contribution in [-0.2, 0) is 14.3 Å². The number of phenolic OH excluding ortho intramolecular Hbond substituents is 2. The Bertz CT molecular complexity index is 1570. The van der Waals surface area contributed by atoms with Gasteiger partial charge in [0.05, 0.1) is 6.10 Å². The number of hydrogen-bond acceptors (Lipinski definition) is 15. The molecule has 43 heavy (non-hydrogen) atoms. The number of carbonyl (C=O) groups is 1. The fraction of sp³-hybridized carbons (Fsp3) is 0.407. The van der Waals surface area contributed by atoms with Crippen LogP contribution in [0.3, 0.4) is 0 Å². The van der Waals surface area contributed by atoms with E-state index in [2.05, 4.69) is 0 Å². The van der Waals surface area contributed by atoms with Crippen LogP contribution in [0.2, 0.25) is 0 Å². The summed E-state index contributed by atoms with van der Waals surface area (Å²) < 4.78 is 27.1.